The van der Waals surface area contributed by atoms with Crippen molar-refractivity contribution in [3.8, 4) is 0 Å². The van der Waals surface area contributed by atoms with Crippen molar-refractivity contribution in [2.45, 2.75) is 58.2 Å². The van der Waals surface area contributed by atoms with E-state index in [2.05, 4.69) is 20.8 Å². The van der Waals surface area contributed by atoms with Crippen LogP contribution in [0, 0.1) is 5.41 Å². The van der Waals surface area contributed by atoms with E-state index in [-0.39, 0.29) is 12.0 Å². The first-order chi connectivity index (χ1) is 8.50. The molecular formula is C14H27NO2S. The molecule has 1 amide bonds. The Bertz CT molecular complexity index is 269. The molecule has 106 valence electrons. The van der Waals surface area contributed by atoms with Gasteiger partial charge in [-0.05, 0) is 24.7 Å². The van der Waals surface area contributed by atoms with Crippen LogP contribution in [0.4, 0.5) is 0 Å². The lowest BCUT2D eigenvalue weighted by molar-refractivity contribution is -0.128. The van der Waals surface area contributed by atoms with Crippen molar-refractivity contribution in [3.63, 3.8) is 0 Å². The number of nitrogens with zero attached hydrogens (tertiary/aromatic N) is 1. The van der Waals surface area contributed by atoms with Gasteiger partial charge in [0.05, 0.1) is 11.1 Å². The number of hydrogen-bond donors (Lipinski definition) is 1. The molecule has 4 heteroatoms. The molecule has 1 atom stereocenters. The average Bonchev–Trinajstić information content (AvgIpc) is 2.68. The van der Waals surface area contributed by atoms with Gasteiger partial charge in [-0.15, -0.1) is 11.8 Å². The fraction of sp³-hybridized carbons (Fsp3) is 0.929. The van der Waals surface area contributed by atoms with Gasteiger partial charge in [0.1, 0.15) is 0 Å². The second-order valence-corrected chi connectivity index (χ2v) is 7.09. The molecule has 0 bridgehead atoms. The molecule has 0 radical (unpaired) electrons. The molecule has 0 aromatic heterocycles. The van der Waals surface area contributed by atoms with Crippen LogP contribution in [0.3, 0.4) is 0 Å². The molecule has 3 nitrogen and oxygen atoms in total. The van der Waals surface area contributed by atoms with Gasteiger partial charge in [-0.3, -0.25) is 4.79 Å². The van der Waals surface area contributed by atoms with Crippen LogP contribution in [0.2, 0.25) is 0 Å². The lowest BCUT2D eigenvalue weighted by Crippen LogP contribution is -2.34. The smallest absolute Gasteiger partial charge is 0.233 e. The summed E-state index contributed by atoms with van der Waals surface area (Å²) in [5.74, 6) is 0.945. The first-order valence-corrected chi connectivity index (χ1v) is 8.07. The monoisotopic (exact) mass is 273 g/mol. The molecule has 0 saturated carbocycles. The summed E-state index contributed by atoms with van der Waals surface area (Å²) >= 11 is 1.79. The van der Waals surface area contributed by atoms with Crippen molar-refractivity contribution >= 4 is 17.7 Å². The van der Waals surface area contributed by atoms with E-state index < -0.39 is 0 Å². The van der Waals surface area contributed by atoms with Gasteiger partial charge in [0, 0.05) is 13.2 Å². The number of hydrogen-bond acceptors (Lipinski definition) is 3. The molecule has 1 aliphatic rings. The molecule has 18 heavy (non-hydrogen) atoms. The molecule has 0 aromatic carbocycles. The maximum absolute atomic E-state index is 11.8. The molecule has 1 fully saturated rings. The number of thioether (sulfide) groups is 1. The van der Waals surface area contributed by atoms with Crippen molar-refractivity contribution in [2.75, 3.05) is 18.9 Å². The highest BCUT2D eigenvalue weighted by atomic mass is 32.2. The second kappa shape index (κ2) is 7.39. The molecule has 0 spiro atoms. The van der Waals surface area contributed by atoms with E-state index in [9.17, 15) is 9.90 Å². The lowest BCUT2D eigenvalue weighted by Gasteiger charge is -2.26. The van der Waals surface area contributed by atoms with E-state index in [1.807, 2.05) is 4.90 Å². The summed E-state index contributed by atoms with van der Waals surface area (Å²) in [6.07, 6.45) is 5.47. The first-order valence-electron chi connectivity index (χ1n) is 7.02. The predicted molar refractivity (Wildman–Crippen MR) is 77.6 cm³/mol. The van der Waals surface area contributed by atoms with E-state index in [1.165, 1.54) is 12.8 Å². The van der Waals surface area contributed by atoms with E-state index in [4.69, 9.17) is 0 Å². The molecule has 1 N–H and O–H groups in total. The van der Waals surface area contributed by atoms with Gasteiger partial charge in [-0.1, -0.05) is 33.6 Å². The van der Waals surface area contributed by atoms with E-state index in [0.29, 0.717) is 17.0 Å². The number of carbonyl (C=O) groups is 1. The maximum Gasteiger partial charge on any atom is 0.233 e. The number of rotatable bonds is 8. The van der Waals surface area contributed by atoms with Gasteiger partial charge in [-0.2, -0.15) is 0 Å². The largest absolute Gasteiger partial charge is 0.396 e. The molecule has 1 heterocycles. The quantitative estimate of drug-likeness (QED) is 0.739. The van der Waals surface area contributed by atoms with Crippen molar-refractivity contribution in [3.05, 3.63) is 0 Å². The zero-order valence-electron chi connectivity index (χ0n) is 11.9. The van der Waals surface area contributed by atoms with Gasteiger partial charge in [0.15, 0.2) is 0 Å². The lowest BCUT2D eigenvalue weighted by atomic mass is 9.89. The van der Waals surface area contributed by atoms with Crippen molar-refractivity contribution in [2.24, 2.45) is 5.41 Å². The highest BCUT2D eigenvalue weighted by molar-refractivity contribution is 8.00. The SMILES string of the molecule is CCCCC1SCC(=O)N1CCCC(C)(C)CO. The van der Waals surface area contributed by atoms with Crippen LogP contribution in [-0.4, -0.2) is 40.2 Å². The van der Waals surface area contributed by atoms with Gasteiger partial charge in [0.25, 0.3) is 0 Å². The van der Waals surface area contributed by atoms with Gasteiger partial charge < -0.3 is 10.0 Å². The predicted octanol–water partition coefficient (Wildman–Crippen LogP) is 2.88. The van der Waals surface area contributed by atoms with Gasteiger partial charge in [-0.25, -0.2) is 0 Å². The number of aliphatic hydroxyl groups excluding tert-OH is 1. The molecule has 1 aliphatic heterocycles. The first kappa shape index (κ1) is 15.8. The molecule has 0 aromatic rings. The number of aliphatic hydroxyl groups is 1. The van der Waals surface area contributed by atoms with Crippen LogP contribution in [0.5, 0.6) is 0 Å². The summed E-state index contributed by atoms with van der Waals surface area (Å²) in [6, 6.07) is 0. The van der Waals surface area contributed by atoms with Crippen LogP contribution in [0.25, 0.3) is 0 Å². The molecule has 1 unspecified atom stereocenters. The Morgan fingerprint density at radius 3 is 2.78 bits per heavy atom. The zero-order chi connectivity index (χ0) is 13.6. The zero-order valence-corrected chi connectivity index (χ0v) is 12.8. The molecule has 1 rings (SSSR count). The van der Waals surface area contributed by atoms with Crippen LogP contribution in [0.1, 0.15) is 52.9 Å². The van der Waals surface area contributed by atoms with E-state index >= 15 is 0 Å². The van der Waals surface area contributed by atoms with Gasteiger partial charge in [0.2, 0.25) is 5.91 Å². The average molecular weight is 273 g/mol. The van der Waals surface area contributed by atoms with E-state index in [1.54, 1.807) is 11.8 Å². The van der Waals surface area contributed by atoms with Crippen LogP contribution in [-0.2, 0) is 4.79 Å². The third-order valence-corrected chi connectivity index (χ3v) is 4.84. The summed E-state index contributed by atoms with van der Waals surface area (Å²) in [7, 11) is 0. The fourth-order valence-corrected chi connectivity index (χ4v) is 3.43. The minimum Gasteiger partial charge on any atom is -0.396 e. The van der Waals surface area contributed by atoms with Crippen LogP contribution < -0.4 is 0 Å². The summed E-state index contributed by atoms with van der Waals surface area (Å²) in [5, 5.41) is 9.62. The summed E-state index contributed by atoms with van der Waals surface area (Å²) < 4.78 is 0. The van der Waals surface area contributed by atoms with Crippen LogP contribution in [0.15, 0.2) is 0 Å². The Hall–Kier alpha value is -0.220. The Balaban J connectivity index is 2.36. The van der Waals surface area contributed by atoms with Crippen molar-refractivity contribution < 1.29 is 9.90 Å². The maximum atomic E-state index is 11.8. The number of carbonyl (C=O) groups excluding carboxylic acids is 1. The highest BCUT2D eigenvalue weighted by Gasteiger charge is 2.30. The highest BCUT2D eigenvalue weighted by Crippen LogP contribution is 2.30. The molecule has 1 saturated heterocycles. The molecular weight excluding hydrogens is 246 g/mol. The Kier molecular flexibility index (Phi) is 6.50. The second-order valence-electron chi connectivity index (χ2n) is 5.92. The van der Waals surface area contributed by atoms with E-state index in [0.717, 1.165) is 25.8 Å². The van der Waals surface area contributed by atoms with Crippen molar-refractivity contribution in [1.29, 1.82) is 0 Å². The number of unbranched alkanes of at least 4 members (excludes halogenated alkanes) is 1. The van der Waals surface area contributed by atoms with Crippen LogP contribution >= 0.6 is 11.8 Å². The van der Waals surface area contributed by atoms with Gasteiger partial charge >= 0.3 is 0 Å². The van der Waals surface area contributed by atoms with Crippen molar-refractivity contribution in [1.82, 2.24) is 4.90 Å². The Labute approximate surface area is 115 Å². The minimum absolute atomic E-state index is 0.0190. The number of amides is 1. The summed E-state index contributed by atoms with van der Waals surface area (Å²) in [5.41, 5.74) is -0.0190. The summed E-state index contributed by atoms with van der Waals surface area (Å²) in [6.45, 7) is 7.40. The topological polar surface area (TPSA) is 40.5 Å². The Morgan fingerprint density at radius 2 is 2.17 bits per heavy atom. The summed E-state index contributed by atoms with van der Waals surface area (Å²) in [4.78, 5) is 13.9. The Morgan fingerprint density at radius 1 is 1.44 bits per heavy atom. The third kappa shape index (κ3) is 4.81. The minimum atomic E-state index is -0.0190. The third-order valence-electron chi connectivity index (χ3n) is 3.55. The normalized spacial score (nSPS) is 20.8. The standard InChI is InChI=1S/C14H27NO2S/c1-4-5-7-13-15(12(17)10-18-13)9-6-8-14(2,3)11-16/h13,16H,4-11H2,1-3H3. The fourth-order valence-electron chi connectivity index (χ4n) is 2.19. The molecule has 0 aliphatic carbocycles.